The number of ether oxygens (including phenoxy) is 1. The molecule has 0 saturated heterocycles. The first-order valence-corrected chi connectivity index (χ1v) is 30.4. The number of carbonyl (C=O) groups excluding carboxylic acids is 2. The van der Waals surface area contributed by atoms with E-state index in [1.165, 1.54) is 193 Å². The summed E-state index contributed by atoms with van der Waals surface area (Å²) in [5, 5.41) is 23.9. The molecule has 1 amide bonds. The fourth-order valence-electron chi connectivity index (χ4n) is 9.37. The third-order valence-electron chi connectivity index (χ3n) is 13.9. The molecular weight excluding hydrogens is 851 g/mol. The Morgan fingerprint density at radius 3 is 1.16 bits per heavy atom. The fourth-order valence-corrected chi connectivity index (χ4v) is 9.37. The molecule has 3 atom stereocenters. The molecule has 0 spiro atoms. The zero-order valence-corrected chi connectivity index (χ0v) is 46.2. The smallest absolute Gasteiger partial charge is 0.306 e. The second kappa shape index (κ2) is 56.7. The monoisotopic (exact) mass is 968 g/mol. The van der Waals surface area contributed by atoms with Gasteiger partial charge in [-0.2, -0.15) is 0 Å². The maximum atomic E-state index is 13.3. The van der Waals surface area contributed by atoms with Crippen LogP contribution in [0.1, 0.15) is 316 Å². The molecule has 0 bridgehead atoms. The minimum atomic E-state index is -0.802. The predicted molar refractivity (Wildman–Crippen MR) is 301 cm³/mol. The summed E-state index contributed by atoms with van der Waals surface area (Å²) in [5.74, 6) is -0.513. The molecule has 3 unspecified atom stereocenters. The summed E-state index contributed by atoms with van der Waals surface area (Å²) in [6.45, 7) is 6.40. The Labute approximate surface area is 429 Å². The van der Waals surface area contributed by atoms with Crippen LogP contribution in [0, 0.1) is 0 Å². The van der Waals surface area contributed by atoms with Gasteiger partial charge in [0.1, 0.15) is 6.10 Å². The van der Waals surface area contributed by atoms with Gasteiger partial charge in [0.05, 0.1) is 25.2 Å². The average molecular weight is 969 g/mol. The molecule has 0 aliphatic rings. The van der Waals surface area contributed by atoms with E-state index in [4.69, 9.17) is 4.74 Å². The van der Waals surface area contributed by atoms with E-state index in [0.717, 1.165) is 77.0 Å². The van der Waals surface area contributed by atoms with Crippen molar-refractivity contribution in [3.63, 3.8) is 0 Å². The lowest BCUT2D eigenvalue weighted by molar-refractivity contribution is -0.151. The molecule has 69 heavy (non-hydrogen) atoms. The summed E-state index contributed by atoms with van der Waals surface area (Å²) in [7, 11) is 0. The molecule has 6 nitrogen and oxygen atoms in total. The maximum absolute atomic E-state index is 13.3. The third-order valence-corrected chi connectivity index (χ3v) is 13.9. The molecule has 0 rings (SSSR count). The van der Waals surface area contributed by atoms with Crippen LogP contribution in [0.25, 0.3) is 0 Å². The Kier molecular flexibility index (Phi) is 54.9. The van der Waals surface area contributed by atoms with Gasteiger partial charge < -0.3 is 20.3 Å². The fraction of sp³-hybridized carbons (Fsp3) is 0.841. The largest absolute Gasteiger partial charge is 0.462 e. The van der Waals surface area contributed by atoms with E-state index in [2.05, 4.69) is 74.7 Å². The second-order valence-corrected chi connectivity index (χ2v) is 20.7. The minimum absolute atomic E-state index is 0.0431. The number of aliphatic hydroxyl groups excluding tert-OH is 2. The van der Waals surface area contributed by atoms with E-state index in [-0.39, 0.29) is 24.9 Å². The zero-order valence-electron chi connectivity index (χ0n) is 46.2. The number of rotatable bonds is 55. The average Bonchev–Trinajstić information content (AvgIpc) is 3.34. The van der Waals surface area contributed by atoms with Gasteiger partial charge in [0.2, 0.25) is 5.91 Å². The van der Waals surface area contributed by atoms with Gasteiger partial charge in [-0.05, 0) is 57.8 Å². The van der Waals surface area contributed by atoms with Gasteiger partial charge in [0, 0.05) is 6.42 Å². The summed E-state index contributed by atoms with van der Waals surface area (Å²) < 4.78 is 5.94. The maximum Gasteiger partial charge on any atom is 0.306 e. The van der Waals surface area contributed by atoms with Crippen LogP contribution in [-0.2, 0) is 14.3 Å². The van der Waals surface area contributed by atoms with Crippen LogP contribution in [0.15, 0.2) is 48.6 Å². The van der Waals surface area contributed by atoms with Gasteiger partial charge >= 0.3 is 5.97 Å². The van der Waals surface area contributed by atoms with Crippen LogP contribution in [0.3, 0.4) is 0 Å². The molecule has 0 aromatic carbocycles. The van der Waals surface area contributed by atoms with E-state index in [9.17, 15) is 19.8 Å². The van der Waals surface area contributed by atoms with Crippen LogP contribution in [0.4, 0.5) is 0 Å². The number of aliphatic hydroxyl groups is 2. The third kappa shape index (κ3) is 52.0. The summed E-state index contributed by atoms with van der Waals surface area (Å²) in [4.78, 5) is 26.3. The van der Waals surface area contributed by atoms with Crippen LogP contribution in [0.2, 0.25) is 0 Å². The quantitative estimate of drug-likeness (QED) is 0.0321. The highest BCUT2D eigenvalue weighted by molar-refractivity contribution is 5.77. The zero-order chi connectivity index (χ0) is 50.2. The molecule has 0 aromatic rings. The lowest BCUT2D eigenvalue weighted by Crippen LogP contribution is -2.46. The number of hydrogen-bond acceptors (Lipinski definition) is 5. The van der Waals surface area contributed by atoms with E-state index >= 15 is 0 Å². The SMILES string of the molecule is CC/C=C/C/C=C/C/C=C/C/C=C/CCCC(CC(=O)NC(CO)C(O)CCCCCCCCCCCCCCCCCCC)OC(=O)CCCCCCCCCCCCCCCCCCCCC. The molecular formula is C63H117NO5. The Morgan fingerprint density at radius 2 is 0.783 bits per heavy atom. The molecule has 6 heteroatoms. The molecule has 0 heterocycles. The topological polar surface area (TPSA) is 95.9 Å². The summed E-state index contributed by atoms with van der Waals surface area (Å²) in [5.41, 5.74) is 0. The van der Waals surface area contributed by atoms with Gasteiger partial charge in [0.25, 0.3) is 0 Å². The second-order valence-electron chi connectivity index (χ2n) is 20.7. The number of nitrogens with one attached hydrogen (secondary N) is 1. The van der Waals surface area contributed by atoms with Crippen molar-refractivity contribution in [1.29, 1.82) is 0 Å². The van der Waals surface area contributed by atoms with Crippen LogP contribution in [0.5, 0.6) is 0 Å². The van der Waals surface area contributed by atoms with Crippen molar-refractivity contribution < 1.29 is 24.5 Å². The van der Waals surface area contributed by atoms with Crippen LogP contribution in [-0.4, -0.2) is 46.9 Å². The highest BCUT2D eigenvalue weighted by Crippen LogP contribution is 2.19. The van der Waals surface area contributed by atoms with Gasteiger partial charge in [-0.1, -0.05) is 294 Å². The number of allylic oxidation sites excluding steroid dienone is 8. The molecule has 0 fully saturated rings. The van der Waals surface area contributed by atoms with Gasteiger partial charge in [0.15, 0.2) is 0 Å². The number of esters is 1. The van der Waals surface area contributed by atoms with E-state index in [0.29, 0.717) is 19.3 Å². The summed E-state index contributed by atoms with van der Waals surface area (Å²) in [6.07, 6.45) is 70.5. The standard InChI is InChI=1S/C63H117NO5/c1-4-7-10-13-16-19-22-25-28-30-31-33-35-38-41-44-47-50-53-56-63(68)69-59(54-51-48-45-42-39-36-27-24-21-18-15-12-9-6-3)57-62(67)64-60(58-65)61(66)55-52-49-46-43-40-37-34-32-29-26-23-20-17-14-11-8-5-2/h9,12,18,21,27,36,42,45,59-61,65-66H,4-8,10-11,13-17,19-20,22-26,28-35,37-41,43-44,46-58H2,1-3H3,(H,64,67)/b12-9+,21-18+,36-27+,45-42+. The molecule has 3 N–H and O–H groups in total. The summed E-state index contributed by atoms with van der Waals surface area (Å²) in [6, 6.07) is -0.719. The van der Waals surface area contributed by atoms with Crippen molar-refractivity contribution in [3.05, 3.63) is 48.6 Å². The highest BCUT2D eigenvalue weighted by atomic mass is 16.5. The normalized spacial score (nSPS) is 13.4. The molecule has 0 saturated carbocycles. The first-order chi connectivity index (χ1) is 34.0. The predicted octanol–water partition coefficient (Wildman–Crippen LogP) is 19.0. The van der Waals surface area contributed by atoms with E-state index < -0.39 is 18.2 Å². The van der Waals surface area contributed by atoms with Gasteiger partial charge in [-0.15, -0.1) is 0 Å². The van der Waals surface area contributed by atoms with E-state index in [1.54, 1.807) is 0 Å². The van der Waals surface area contributed by atoms with Crippen molar-refractivity contribution in [2.24, 2.45) is 0 Å². The lowest BCUT2D eigenvalue weighted by atomic mass is 10.0. The van der Waals surface area contributed by atoms with Crippen molar-refractivity contribution in [2.75, 3.05) is 6.61 Å². The molecule has 0 aliphatic heterocycles. The molecule has 0 radical (unpaired) electrons. The molecule has 0 aromatic heterocycles. The number of unbranched alkanes of at least 4 members (excludes halogenated alkanes) is 35. The Hall–Kier alpha value is -2.18. The number of carbonyl (C=O) groups is 2. The number of hydrogen-bond donors (Lipinski definition) is 3. The van der Waals surface area contributed by atoms with Crippen molar-refractivity contribution in [2.45, 2.75) is 334 Å². The minimum Gasteiger partial charge on any atom is -0.462 e. The van der Waals surface area contributed by atoms with Crippen molar-refractivity contribution in [3.8, 4) is 0 Å². The first kappa shape index (κ1) is 66.8. The lowest BCUT2D eigenvalue weighted by Gasteiger charge is -2.24. The Morgan fingerprint density at radius 1 is 0.435 bits per heavy atom. The highest BCUT2D eigenvalue weighted by Gasteiger charge is 2.24. The Balaban J connectivity index is 4.52. The first-order valence-electron chi connectivity index (χ1n) is 30.4. The van der Waals surface area contributed by atoms with Crippen LogP contribution >= 0.6 is 0 Å². The molecule has 404 valence electrons. The van der Waals surface area contributed by atoms with Crippen molar-refractivity contribution >= 4 is 11.9 Å². The summed E-state index contributed by atoms with van der Waals surface area (Å²) >= 11 is 0. The number of amides is 1. The van der Waals surface area contributed by atoms with Gasteiger partial charge in [-0.3, -0.25) is 9.59 Å². The van der Waals surface area contributed by atoms with Crippen molar-refractivity contribution in [1.82, 2.24) is 5.32 Å². The Bertz CT molecular complexity index is 1180. The molecule has 0 aliphatic carbocycles. The van der Waals surface area contributed by atoms with Crippen LogP contribution < -0.4 is 5.32 Å². The van der Waals surface area contributed by atoms with Gasteiger partial charge in [-0.25, -0.2) is 0 Å². The van der Waals surface area contributed by atoms with E-state index in [1.807, 2.05) is 0 Å².